The molecule has 1 heterocycles. The van der Waals surface area contributed by atoms with Crippen LogP contribution in [0.5, 0.6) is 5.75 Å². The monoisotopic (exact) mass is 490 g/mol. The molecule has 5 rings (SSSR count). The van der Waals surface area contributed by atoms with E-state index in [0.717, 1.165) is 36.1 Å². The molecule has 172 valence electrons. The maximum Gasteiger partial charge on any atom is 0.274 e. The lowest BCUT2D eigenvalue weighted by Crippen LogP contribution is -2.31. The van der Waals surface area contributed by atoms with Crippen molar-refractivity contribution in [3.63, 3.8) is 0 Å². The van der Waals surface area contributed by atoms with Crippen LogP contribution in [0.15, 0.2) is 83.5 Å². The number of halogens is 2. The molecule has 4 nitrogen and oxygen atoms in total. The number of carbonyl (C=O) groups excluding carboxylic acids is 1. The van der Waals surface area contributed by atoms with Crippen molar-refractivity contribution in [1.82, 2.24) is 5.01 Å². The molecule has 0 radical (unpaired) electrons. The highest BCUT2D eigenvalue weighted by Crippen LogP contribution is 2.45. The fourth-order valence-corrected chi connectivity index (χ4v) is 5.04. The Labute approximate surface area is 209 Å². The van der Waals surface area contributed by atoms with E-state index in [1.807, 2.05) is 48.5 Å². The molecule has 0 N–H and O–H groups in total. The molecule has 2 aliphatic rings. The van der Waals surface area contributed by atoms with Gasteiger partial charge in [-0.3, -0.25) is 4.79 Å². The number of hydrogen-bond donors (Lipinski definition) is 0. The van der Waals surface area contributed by atoms with Gasteiger partial charge in [0.25, 0.3) is 5.91 Å². The van der Waals surface area contributed by atoms with Crippen molar-refractivity contribution in [3.8, 4) is 5.75 Å². The SMILES string of the molecule is COc1ccc(C(=O)N2N=C3/C(=C\c4ccc(Cl)cc4)CCC[C@@H]3[C@@H]2c2ccc(Cl)cc2)cc1. The minimum absolute atomic E-state index is 0.121. The molecule has 1 fully saturated rings. The van der Waals surface area contributed by atoms with Crippen molar-refractivity contribution in [1.29, 1.82) is 0 Å². The molecule has 0 bridgehead atoms. The predicted molar refractivity (Wildman–Crippen MR) is 138 cm³/mol. The number of benzene rings is 3. The minimum Gasteiger partial charge on any atom is -0.497 e. The molecule has 1 amide bonds. The van der Waals surface area contributed by atoms with E-state index in [-0.39, 0.29) is 17.9 Å². The van der Waals surface area contributed by atoms with E-state index in [1.54, 1.807) is 36.4 Å². The summed E-state index contributed by atoms with van der Waals surface area (Å²) in [6.07, 6.45) is 5.10. The van der Waals surface area contributed by atoms with E-state index in [1.165, 1.54) is 5.57 Å². The topological polar surface area (TPSA) is 41.9 Å². The van der Waals surface area contributed by atoms with Crippen molar-refractivity contribution < 1.29 is 9.53 Å². The fourth-order valence-electron chi connectivity index (χ4n) is 4.79. The molecule has 6 heteroatoms. The maximum atomic E-state index is 13.7. The first-order valence-electron chi connectivity index (χ1n) is 11.3. The summed E-state index contributed by atoms with van der Waals surface area (Å²) in [5, 5.41) is 7.98. The highest BCUT2D eigenvalue weighted by Gasteiger charge is 2.43. The van der Waals surface area contributed by atoms with Gasteiger partial charge in [-0.1, -0.05) is 47.5 Å². The van der Waals surface area contributed by atoms with E-state index in [0.29, 0.717) is 21.4 Å². The molecule has 0 saturated heterocycles. The third-order valence-electron chi connectivity index (χ3n) is 6.47. The summed E-state index contributed by atoms with van der Waals surface area (Å²) in [5.41, 5.74) is 4.84. The average molecular weight is 491 g/mol. The van der Waals surface area contributed by atoms with Gasteiger partial charge in [-0.2, -0.15) is 5.10 Å². The molecule has 0 unspecified atom stereocenters. The molecular weight excluding hydrogens is 467 g/mol. The van der Waals surface area contributed by atoms with Crippen LogP contribution >= 0.6 is 23.2 Å². The number of fused-ring (bicyclic) bond motifs is 1. The van der Waals surface area contributed by atoms with E-state index in [9.17, 15) is 4.79 Å². The maximum absolute atomic E-state index is 13.7. The van der Waals surface area contributed by atoms with Gasteiger partial charge in [-0.15, -0.1) is 0 Å². The number of carbonyl (C=O) groups is 1. The van der Waals surface area contributed by atoms with Crippen molar-refractivity contribution in [2.24, 2.45) is 11.0 Å². The van der Waals surface area contributed by atoms with E-state index >= 15 is 0 Å². The van der Waals surface area contributed by atoms with Crippen LogP contribution in [0.2, 0.25) is 10.0 Å². The van der Waals surface area contributed by atoms with Gasteiger partial charge < -0.3 is 4.74 Å². The molecule has 1 aliphatic carbocycles. The smallest absolute Gasteiger partial charge is 0.274 e. The van der Waals surface area contributed by atoms with Crippen LogP contribution in [-0.2, 0) is 0 Å². The first-order valence-corrected chi connectivity index (χ1v) is 12.1. The zero-order valence-corrected chi connectivity index (χ0v) is 20.3. The Morgan fingerprint density at radius 3 is 2.26 bits per heavy atom. The Bertz CT molecular complexity index is 1250. The second kappa shape index (κ2) is 9.65. The number of ether oxygens (including phenoxy) is 1. The highest BCUT2D eigenvalue weighted by molar-refractivity contribution is 6.30. The number of hydrazone groups is 1. The van der Waals surface area contributed by atoms with Gasteiger partial charge in [0.15, 0.2) is 0 Å². The number of allylic oxidation sites excluding steroid dienone is 1. The van der Waals surface area contributed by atoms with Gasteiger partial charge in [-0.05, 0) is 90.6 Å². The minimum atomic E-state index is -0.184. The molecule has 34 heavy (non-hydrogen) atoms. The van der Waals surface area contributed by atoms with E-state index < -0.39 is 0 Å². The van der Waals surface area contributed by atoms with Crippen LogP contribution in [-0.4, -0.2) is 23.7 Å². The summed E-state index contributed by atoms with van der Waals surface area (Å²) in [6.45, 7) is 0. The zero-order valence-electron chi connectivity index (χ0n) is 18.7. The van der Waals surface area contributed by atoms with Gasteiger partial charge in [-0.25, -0.2) is 5.01 Å². The Kier molecular flexibility index (Phi) is 6.44. The fraction of sp³-hybridized carbons (Fsp3) is 0.214. The standard InChI is InChI=1S/C28H24Cl2N2O2/c1-34-24-15-9-20(10-16-24)28(33)32-27(19-7-13-23(30)14-8-19)25-4-2-3-21(26(25)31-32)17-18-5-11-22(29)12-6-18/h5-17,25,27H,2-4H2,1H3/b21-17-/t25-,27-/m0/s1. The summed E-state index contributed by atoms with van der Waals surface area (Å²) in [4.78, 5) is 13.7. The second-order valence-electron chi connectivity index (χ2n) is 8.58. The lowest BCUT2D eigenvalue weighted by molar-refractivity contribution is 0.0681. The van der Waals surface area contributed by atoms with Crippen molar-refractivity contribution in [3.05, 3.63) is 105 Å². The number of methoxy groups -OCH3 is 1. The van der Waals surface area contributed by atoms with Crippen LogP contribution < -0.4 is 4.74 Å². The molecule has 0 aromatic heterocycles. The van der Waals surface area contributed by atoms with Gasteiger partial charge in [0, 0.05) is 21.5 Å². The Hall–Kier alpha value is -3.08. The lowest BCUT2D eigenvalue weighted by Gasteiger charge is -2.29. The summed E-state index contributed by atoms with van der Waals surface area (Å²) < 4.78 is 5.25. The van der Waals surface area contributed by atoms with Gasteiger partial charge in [0.05, 0.1) is 18.9 Å². The molecule has 1 saturated carbocycles. The first-order chi connectivity index (χ1) is 16.5. The van der Waals surface area contributed by atoms with Crippen LogP contribution in [0.25, 0.3) is 6.08 Å². The third kappa shape index (κ3) is 4.48. The summed E-state index contributed by atoms with van der Waals surface area (Å²) in [5.74, 6) is 0.700. The largest absolute Gasteiger partial charge is 0.497 e. The molecule has 3 aromatic rings. The zero-order chi connectivity index (χ0) is 23.7. The summed E-state index contributed by atoms with van der Waals surface area (Å²) in [7, 11) is 1.61. The normalized spacial score (nSPS) is 20.7. The van der Waals surface area contributed by atoms with Crippen molar-refractivity contribution in [2.75, 3.05) is 7.11 Å². The van der Waals surface area contributed by atoms with Gasteiger partial charge in [0.2, 0.25) is 0 Å². The quantitative estimate of drug-likeness (QED) is 0.381. The molecule has 2 atom stereocenters. The Morgan fingerprint density at radius 2 is 1.62 bits per heavy atom. The highest BCUT2D eigenvalue weighted by atomic mass is 35.5. The van der Waals surface area contributed by atoms with E-state index in [2.05, 4.69) is 6.08 Å². The van der Waals surface area contributed by atoms with Crippen LogP contribution in [0, 0.1) is 5.92 Å². The van der Waals surface area contributed by atoms with E-state index in [4.69, 9.17) is 33.0 Å². The summed E-state index contributed by atoms with van der Waals surface area (Å²) in [6, 6.07) is 22.5. The van der Waals surface area contributed by atoms with Gasteiger partial charge in [0.1, 0.15) is 5.75 Å². The summed E-state index contributed by atoms with van der Waals surface area (Å²) >= 11 is 12.2. The Morgan fingerprint density at radius 1 is 0.971 bits per heavy atom. The molecule has 0 spiro atoms. The number of hydrogen-bond acceptors (Lipinski definition) is 3. The van der Waals surface area contributed by atoms with Crippen LogP contribution in [0.3, 0.4) is 0 Å². The van der Waals surface area contributed by atoms with Crippen LogP contribution in [0.4, 0.5) is 0 Å². The Balaban J connectivity index is 1.56. The van der Waals surface area contributed by atoms with Crippen LogP contribution in [0.1, 0.15) is 46.8 Å². The predicted octanol–water partition coefficient (Wildman–Crippen LogP) is 7.44. The number of rotatable bonds is 4. The number of nitrogens with zero attached hydrogens (tertiary/aromatic N) is 2. The molecule has 1 aliphatic heterocycles. The average Bonchev–Trinajstić information content (AvgIpc) is 3.26. The number of amides is 1. The lowest BCUT2D eigenvalue weighted by atomic mass is 9.77. The third-order valence-corrected chi connectivity index (χ3v) is 6.97. The van der Waals surface area contributed by atoms with Gasteiger partial charge >= 0.3 is 0 Å². The van der Waals surface area contributed by atoms with Crippen molar-refractivity contribution >= 4 is 40.9 Å². The molecule has 3 aromatic carbocycles. The molecular formula is C28H24Cl2N2O2. The second-order valence-corrected chi connectivity index (χ2v) is 9.45. The first kappa shape index (κ1) is 22.7. The van der Waals surface area contributed by atoms with Crippen molar-refractivity contribution in [2.45, 2.75) is 25.3 Å².